The Balaban J connectivity index is 1.18. The summed E-state index contributed by atoms with van der Waals surface area (Å²) in [5.41, 5.74) is 10.3. The van der Waals surface area contributed by atoms with Gasteiger partial charge in [0.2, 0.25) is 0 Å². The number of nitrogen functional groups attached to an aromatic ring is 1. The van der Waals surface area contributed by atoms with Gasteiger partial charge in [0.05, 0.1) is 17.4 Å². The molecule has 5 N–H and O–H groups in total. The molecule has 3 aromatic heterocycles. The molecule has 0 saturated carbocycles. The Bertz CT molecular complexity index is 1430. The number of H-pyrrole nitrogens is 1. The average molecular weight is 537 g/mol. The molecule has 1 saturated heterocycles. The molecule has 11 heteroatoms. The largest absolute Gasteiger partial charge is 0.387 e. The van der Waals surface area contributed by atoms with Gasteiger partial charge >= 0.3 is 0 Å². The molecule has 0 spiro atoms. The summed E-state index contributed by atoms with van der Waals surface area (Å²) in [6, 6.07) is 6.71. The number of aromatic nitrogens is 6. The van der Waals surface area contributed by atoms with Crippen molar-refractivity contribution in [3.63, 3.8) is 0 Å². The second-order valence-electron chi connectivity index (χ2n) is 11.8. The summed E-state index contributed by atoms with van der Waals surface area (Å²) in [6.07, 6.45) is 2.15. The van der Waals surface area contributed by atoms with Gasteiger partial charge in [-0.15, -0.1) is 0 Å². The van der Waals surface area contributed by atoms with Crippen molar-refractivity contribution in [1.29, 1.82) is 0 Å². The maximum absolute atomic E-state index is 10.8. The van der Waals surface area contributed by atoms with Gasteiger partial charge in [0.1, 0.15) is 36.0 Å². The number of imidazole rings is 2. The number of rotatable bonds is 9. The van der Waals surface area contributed by atoms with Crippen molar-refractivity contribution in [2.75, 3.05) is 18.8 Å². The number of aromatic amines is 1. The minimum atomic E-state index is -1.12. The van der Waals surface area contributed by atoms with E-state index in [1.807, 2.05) is 0 Å². The van der Waals surface area contributed by atoms with Crippen molar-refractivity contribution in [2.45, 2.75) is 89.9 Å². The zero-order chi connectivity index (χ0) is 27.9. The third-order valence-corrected chi connectivity index (χ3v) is 7.65. The summed E-state index contributed by atoms with van der Waals surface area (Å²) in [6.45, 7) is 12.2. The van der Waals surface area contributed by atoms with Gasteiger partial charge in [-0.25, -0.2) is 19.9 Å². The molecule has 11 nitrogen and oxygen atoms in total. The molecule has 0 bridgehead atoms. The van der Waals surface area contributed by atoms with Crippen LogP contribution in [0.15, 0.2) is 30.9 Å². The summed E-state index contributed by atoms with van der Waals surface area (Å²) in [7, 11) is 0. The summed E-state index contributed by atoms with van der Waals surface area (Å²) in [5.74, 6) is 1.26. The lowest BCUT2D eigenvalue weighted by molar-refractivity contribution is -0.0469. The molecule has 1 aromatic carbocycles. The Morgan fingerprint density at radius 2 is 1.92 bits per heavy atom. The van der Waals surface area contributed by atoms with Crippen LogP contribution in [0.3, 0.4) is 0 Å². The predicted octanol–water partition coefficient (Wildman–Crippen LogP) is 2.93. The van der Waals surface area contributed by atoms with Crippen molar-refractivity contribution >= 4 is 28.0 Å². The van der Waals surface area contributed by atoms with E-state index in [1.54, 1.807) is 4.57 Å². The van der Waals surface area contributed by atoms with Crippen LogP contribution >= 0.6 is 0 Å². The maximum Gasteiger partial charge on any atom is 0.167 e. The van der Waals surface area contributed by atoms with E-state index in [2.05, 4.69) is 77.7 Å². The Kier molecular flexibility index (Phi) is 7.60. The van der Waals surface area contributed by atoms with E-state index in [1.165, 1.54) is 18.2 Å². The molecule has 39 heavy (non-hydrogen) atoms. The number of aryl methyl sites for hydroxylation is 1. The molecule has 5 rings (SSSR count). The number of benzene rings is 1. The zero-order valence-electron chi connectivity index (χ0n) is 23.4. The molecule has 1 aliphatic rings. The van der Waals surface area contributed by atoms with Crippen molar-refractivity contribution in [3.05, 3.63) is 42.2 Å². The van der Waals surface area contributed by atoms with Crippen LogP contribution < -0.4 is 5.73 Å². The highest BCUT2D eigenvalue weighted by atomic mass is 16.6. The number of fused-ring (bicyclic) bond motifs is 2. The lowest BCUT2D eigenvalue weighted by atomic mass is 9.87. The smallest absolute Gasteiger partial charge is 0.167 e. The average Bonchev–Trinajstić information content (AvgIpc) is 3.57. The third kappa shape index (κ3) is 5.62. The number of nitrogens with one attached hydrogen (secondary N) is 1. The Labute approximate surface area is 228 Å². The standard InChI is InChI=1S/C28H40N8O3/c1-16(2)35(11-7-6-8-21-33-18-10-9-17(28(3,4)5)12-19(18)34-21)13-20-23(37)24(38)27(39-20)36-15-32-22-25(29)30-14-31-26(22)36/h9-10,12,14-16,20,23-24,27,37-38H,6-8,11,13H2,1-5H3,(H,33,34)(H2,29,30,31). The minimum Gasteiger partial charge on any atom is -0.387 e. The molecule has 0 radical (unpaired) electrons. The fraction of sp³-hybridized carbons (Fsp3) is 0.571. The molecule has 210 valence electrons. The number of hydrogen-bond acceptors (Lipinski definition) is 9. The maximum atomic E-state index is 10.8. The lowest BCUT2D eigenvalue weighted by Gasteiger charge is -2.30. The third-order valence-electron chi connectivity index (χ3n) is 7.65. The van der Waals surface area contributed by atoms with Gasteiger partial charge in [-0.2, -0.15) is 0 Å². The van der Waals surface area contributed by atoms with Crippen LogP contribution in [0.25, 0.3) is 22.2 Å². The number of aliphatic hydroxyl groups excluding tert-OH is 2. The molecule has 4 atom stereocenters. The second-order valence-corrected chi connectivity index (χ2v) is 11.8. The van der Waals surface area contributed by atoms with E-state index in [9.17, 15) is 10.2 Å². The first-order valence-corrected chi connectivity index (χ1v) is 13.7. The molecule has 1 aliphatic heterocycles. The highest BCUT2D eigenvalue weighted by Gasteiger charge is 2.45. The molecule has 0 aliphatic carbocycles. The van der Waals surface area contributed by atoms with E-state index < -0.39 is 24.5 Å². The molecule has 0 amide bonds. The molecule has 4 aromatic rings. The number of ether oxygens (including phenoxy) is 1. The van der Waals surface area contributed by atoms with Gasteiger partial charge in [-0.1, -0.05) is 26.8 Å². The monoisotopic (exact) mass is 536 g/mol. The van der Waals surface area contributed by atoms with Gasteiger partial charge in [0, 0.05) is 19.0 Å². The highest BCUT2D eigenvalue weighted by Crippen LogP contribution is 2.32. The van der Waals surface area contributed by atoms with Crippen LogP contribution in [0.1, 0.15) is 65.1 Å². The fourth-order valence-corrected chi connectivity index (χ4v) is 5.21. The van der Waals surface area contributed by atoms with Crippen molar-refractivity contribution in [2.24, 2.45) is 0 Å². The van der Waals surface area contributed by atoms with Crippen LogP contribution in [0.4, 0.5) is 5.82 Å². The molecular weight excluding hydrogens is 496 g/mol. The Hall–Kier alpha value is -3.12. The van der Waals surface area contributed by atoms with Crippen LogP contribution in [-0.4, -0.2) is 82.0 Å². The summed E-state index contributed by atoms with van der Waals surface area (Å²) < 4.78 is 7.78. The zero-order valence-corrected chi connectivity index (χ0v) is 23.4. The van der Waals surface area contributed by atoms with Gasteiger partial charge in [-0.3, -0.25) is 9.47 Å². The van der Waals surface area contributed by atoms with Crippen molar-refractivity contribution in [1.82, 2.24) is 34.4 Å². The van der Waals surface area contributed by atoms with Crippen LogP contribution in [-0.2, 0) is 16.6 Å². The SMILES string of the molecule is CC(C)N(CCCCc1nc2ccc(C(C)(C)C)cc2[nH]1)CC1OC(n2cnc3c(N)ncnc32)C(O)C1O. The van der Waals surface area contributed by atoms with Crippen LogP contribution in [0.5, 0.6) is 0 Å². The molecule has 1 fully saturated rings. The van der Waals surface area contributed by atoms with E-state index in [-0.39, 0.29) is 17.3 Å². The Morgan fingerprint density at radius 1 is 1.13 bits per heavy atom. The Morgan fingerprint density at radius 3 is 2.67 bits per heavy atom. The quantitative estimate of drug-likeness (QED) is 0.237. The van der Waals surface area contributed by atoms with Crippen LogP contribution in [0, 0.1) is 0 Å². The molecular formula is C28H40N8O3. The number of unbranched alkanes of at least 4 members (excludes halogenated alkanes) is 1. The summed E-state index contributed by atoms with van der Waals surface area (Å²) in [4.78, 5) is 23.0. The van der Waals surface area contributed by atoms with Gasteiger partial charge < -0.3 is 25.7 Å². The van der Waals surface area contributed by atoms with Gasteiger partial charge in [-0.05, 0) is 56.3 Å². The first-order valence-electron chi connectivity index (χ1n) is 13.7. The summed E-state index contributed by atoms with van der Waals surface area (Å²) >= 11 is 0. The van der Waals surface area contributed by atoms with Gasteiger partial charge in [0.25, 0.3) is 0 Å². The fourth-order valence-electron chi connectivity index (χ4n) is 5.21. The van der Waals surface area contributed by atoms with E-state index >= 15 is 0 Å². The minimum absolute atomic E-state index is 0.0986. The first-order chi connectivity index (χ1) is 18.5. The van der Waals surface area contributed by atoms with Crippen molar-refractivity contribution < 1.29 is 14.9 Å². The summed E-state index contributed by atoms with van der Waals surface area (Å²) in [5, 5.41) is 21.7. The number of nitrogens with two attached hydrogens (primary N) is 1. The van der Waals surface area contributed by atoms with Gasteiger partial charge in [0.15, 0.2) is 17.7 Å². The van der Waals surface area contributed by atoms with Crippen LogP contribution in [0.2, 0.25) is 0 Å². The van der Waals surface area contributed by atoms with E-state index in [0.29, 0.717) is 17.7 Å². The van der Waals surface area contributed by atoms with Crippen molar-refractivity contribution in [3.8, 4) is 0 Å². The number of hydrogen-bond donors (Lipinski definition) is 4. The van der Waals surface area contributed by atoms with E-state index in [0.717, 1.165) is 42.7 Å². The highest BCUT2D eigenvalue weighted by molar-refractivity contribution is 5.81. The number of nitrogens with zero attached hydrogens (tertiary/aromatic N) is 6. The first kappa shape index (κ1) is 27.4. The molecule has 4 unspecified atom stereocenters. The predicted molar refractivity (Wildman–Crippen MR) is 150 cm³/mol. The normalized spacial score (nSPS) is 22.2. The molecule has 4 heterocycles. The number of aliphatic hydroxyl groups is 2. The van der Waals surface area contributed by atoms with E-state index in [4.69, 9.17) is 15.5 Å². The lowest BCUT2D eigenvalue weighted by Crippen LogP contribution is -2.43. The number of anilines is 1. The second kappa shape index (κ2) is 10.8. The topological polar surface area (TPSA) is 151 Å².